The quantitative estimate of drug-likeness (QED) is 0.0966. The zero-order valence-corrected chi connectivity index (χ0v) is 27.3. The zero-order chi connectivity index (χ0) is 33.1. The van der Waals surface area contributed by atoms with Crippen molar-refractivity contribution in [2.75, 3.05) is 0 Å². The van der Waals surface area contributed by atoms with Gasteiger partial charge in [0.05, 0.1) is 0 Å². The van der Waals surface area contributed by atoms with Crippen molar-refractivity contribution >= 4 is 87.1 Å². The second-order valence-corrected chi connectivity index (χ2v) is 16.7. The van der Waals surface area contributed by atoms with Gasteiger partial charge in [-0.3, -0.25) is 0 Å². The molecule has 9 rings (SSSR count). The van der Waals surface area contributed by atoms with Crippen LogP contribution in [0.1, 0.15) is 0 Å². The summed E-state index contributed by atoms with van der Waals surface area (Å²) in [5.41, 5.74) is 3.06. The van der Waals surface area contributed by atoms with Crippen molar-refractivity contribution < 1.29 is 23.8 Å². The van der Waals surface area contributed by atoms with Gasteiger partial charge in [0.25, 0.3) is 0 Å². The van der Waals surface area contributed by atoms with E-state index in [9.17, 15) is 19.4 Å². The van der Waals surface area contributed by atoms with Crippen molar-refractivity contribution in [3.63, 3.8) is 0 Å². The van der Waals surface area contributed by atoms with E-state index >= 15 is 4.39 Å². The van der Waals surface area contributed by atoms with Gasteiger partial charge < -0.3 is 0 Å². The molecule has 0 aliphatic carbocycles. The van der Waals surface area contributed by atoms with Crippen molar-refractivity contribution in [2.45, 2.75) is 4.90 Å². The molecule has 0 atom stereocenters. The minimum absolute atomic E-state index is 0.0684. The maximum atomic E-state index is 15.6. The Morgan fingerprint density at radius 3 is 1.29 bits per heavy atom. The number of fused-ring (bicyclic) bond motifs is 7. The van der Waals surface area contributed by atoms with E-state index in [1.54, 1.807) is 24.3 Å². The van der Waals surface area contributed by atoms with E-state index in [2.05, 4.69) is 12.1 Å². The summed E-state index contributed by atoms with van der Waals surface area (Å²) >= 11 is -0.0684. The standard InChI is InChI=1S/C40H22F6SSe/c41-39-30-13-5-1-9-26(30)38(27-10-2-6-14-31(27)39)24-17-19-25-34-21-23(18-20-35(34)48-36(25)22-24)37-28-11-3-7-15-32(28)40(47(42,43,44,45)46)33-16-8-4-12-29(33)37/h1-22H. The number of halogens is 6. The van der Waals surface area contributed by atoms with Crippen LogP contribution in [0.2, 0.25) is 0 Å². The van der Waals surface area contributed by atoms with Crippen LogP contribution in [0.3, 0.4) is 0 Å². The zero-order valence-electron chi connectivity index (χ0n) is 24.8. The van der Waals surface area contributed by atoms with Crippen LogP contribution in [0.4, 0.5) is 23.8 Å². The Balaban J connectivity index is 1.30. The minimum atomic E-state index is -10.1. The van der Waals surface area contributed by atoms with Gasteiger partial charge in [-0.2, -0.15) is 0 Å². The molecule has 48 heavy (non-hydrogen) atoms. The van der Waals surface area contributed by atoms with E-state index < -0.39 is 25.9 Å². The van der Waals surface area contributed by atoms with Crippen LogP contribution in [-0.2, 0) is 0 Å². The predicted octanol–water partition coefficient (Wildman–Crippen LogP) is 13.8. The molecule has 9 aromatic rings. The monoisotopic (exact) mass is 728 g/mol. The Hall–Kier alpha value is -4.75. The van der Waals surface area contributed by atoms with Crippen LogP contribution in [0, 0.1) is 5.82 Å². The van der Waals surface area contributed by atoms with E-state index in [-0.39, 0.29) is 31.1 Å². The predicted molar refractivity (Wildman–Crippen MR) is 191 cm³/mol. The molecule has 0 amide bonds. The molecule has 0 aliphatic rings. The summed E-state index contributed by atoms with van der Waals surface area (Å²) in [7, 11) is -10.1. The summed E-state index contributed by atoms with van der Waals surface area (Å²) in [6.07, 6.45) is 0. The van der Waals surface area contributed by atoms with Crippen molar-refractivity contribution in [3.8, 4) is 22.3 Å². The molecule has 0 N–H and O–H groups in total. The molecule has 0 saturated heterocycles. The third-order valence-electron chi connectivity index (χ3n) is 9.18. The first-order valence-corrected chi connectivity index (χ1v) is 18.8. The van der Waals surface area contributed by atoms with Gasteiger partial charge in [-0.25, -0.2) is 0 Å². The Labute approximate surface area is 276 Å². The van der Waals surface area contributed by atoms with Crippen LogP contribution in [0.25, 0.3) is 84.6 Å². The first-order valence-electron chi connectivity index (χ1n) is 15.1. The molecular formula is C40H22F6SSe. The molecule has 0 saturated carbocycles. The van der Waals surface area contributed by atoms with Crippen molar-refractivity contribution in [1.82, 2.24) is 0 Å². The normalized spacial score (nSPS) is 14.0. The van der Waals surface area contributed by atoms with Gasteiger partial charge in [0.2, 0.25) is 0 Å². The number of benzene rings is 8. The van der Waals surface area contributed by atoms with Gasteiger partial charge in [-0.05, 0) is 0 Å². The van der Waals surface area contributed by atoms with Gasteiger partial charge in [-0.15, -0.1) is 0 Å². The van der Waals surface area contributed by atoms with Gasteiger partial charge in [-0.1, -0.05) is 0 Å². The summed E-state index contributed by atoms with van der Waals surface area (Å²) < 4.78 is 90.9. The average Bonchev–Trinajstić information content (AvgIpc) is 3.43. The number of hydrogen-bond acceptors (Lipinski definition) is 0. The molecule has 0 bridgehead atoms. The fourth-order valence-corrected chi connectivity index (χ4v) is 10.8. The number of hydrogen-bond donors (Lipinski definition) is 0. The molecule has 236 valence electrons. The van der Waals surface area contributed by atoms with Gasteiger partial charge >= 0.3 is 277 Å². The summed E-state index contributed by atoms with van der Waals surface area (Å²) in [6, 6.07) is 38.2. The van der Waals surface area contributed by atoms with Crippen molar-refractivity contribution in [3.05, 3.63) is 139 Å². The Bertz CT molecular complexity index is 2720. The van der Waals surface area contributed by atoms with E-state index in [0.717, 1.165) is 53.3 Å². The number of rotatable bonds is 3. The fraction of sp³-hybridized carbons (Fsp3) is 0. The Morgan fingerprint density at radius 2 is 0.792 bits per heavy atom. The van der Waals surface area contributed by atoms with E-state index in [1.807, 2.05) is 60.7 Å². The first kappa shape index (κ1) is 29.4. The van der Waals surface area contributed by atoms with Gasteiger partial charge in [0, 0.05) is 0 Å². The molecule has 0 aliphatic heterocycles. The molecule has 0 nitrogen and oxygen atoms in total. The molecule has 0 radical (unpaired) electrons. The van der Waals surface area contributed by atoms with Gasteiger partial charge in [0.15, 0.2) is 0 Å². The molecule has 0 unspecified atom stereocenters. The summed E-state index contributed by atoms with van der Waals surface area (Å²) in [5, 5.41) is 3.96. The van der Waals surface area contributed by atoms with Crippen LogP contribution >= 0.6 is 10.2 Å². The maximum absolute atomic E-state index is 15.6. The summed E-state index contributed by atoms with van der Waals surface area (Å²) in [6.45, 7) is 0. The van der Waals surface area contributed by atoms with Crippen LogP contribution < -0.4 is 0 Å². The van der Waals surface area contributed by atoms with Crippen molar-refractivity contribution in [1.29, 1.82) is 0 Å². The topological polar surface area (TPSA) is 0 Å². The summed E-state index contributed by atoms with van der Waals surface area (Å²) in [5.74, 6) is -0.246. The molecule has 0 fully saturated rings. The molecule has 8 aromatic carbocycles. The second kappa shape index (κ2) is 9.44. The second-order valence-electron chi connectivity index (χ2n) is 12.1. The van der Waals surface area contributed by atoms with E-state index in [4.69, 9.17) is 0 Å². The molecule has 1 aromatic heterocycles. The molecule has 0 spiro atoms. The third-order valence-corrected chi connectivity index (χ3v) is 12.8. The Morgan fingerprint density at radius 1 is 0.375 bits per heavy atom. The van der Waals surface area contributed by atoms with Crippen LogP contribution in [0.5, 0.6) is 0 Å². The van der Waals surface area contributed by atoms with Crippen LogP contribution in [0.15, 0.2) is 138 Å². The Kier molecular flexibility index (Phi) is 5.78. The van der Waals surface area contributed by atoms with E-state index in [1.165, 1.54) is 24.3 Å². The van der Waals surface area contributed by atoms with Crippen molar-refractivity contribution in [2.24, 2.45) is 0 Å². The average molecular weight is 728 g/mol. The van der Waals surface area contributed by atoms with Crippen LogP contribution in [-0.4, -0.2) is 14.5 Å². The molecular weight excluding hydrogens is 705 g/mol. The van der Waals surface area contributed by atoms with Gasteiger partial charge in [0.1, 0.15) is 0 Å². The molecule has 1 heterocycles. The first-order chi connectivity index (χ1) is 22.9. The van der Waals surface area contributed by atoms with E-state index in [0.29, 0.717) is 21.9 Å². The third kappa shape index (κ3) is 4.40. The summed E-state index contributed by atoms with van der Waals surface area (Å²) in [4.78, 5) is -1.84. The molecule has 8 heteroatoms. The fourth-order valence-electron chi connectivity index (χ4n) is 7.29. The SMILES string of the molecule is Fc1c2ccccc2c(-c2ccc3c(c2)[se]c2ccc(-c4c5ccccc5c(S(F)(F)(F)(F)F)c5ccccc45)cc23)c2ccccc12.